The molecular formula is C13H13N3O3S. The standard InChI is InChI=1S/C13H13N3O3S/c1-7-5-8(7)13(18)19-6-11(17)14-9-3-2-4-10-12(9)16-20-15-10/h2-4,7-8H,5-6H2,1H3,(H,14,17)/t7-,8-/m1/s1. The Morgan fingerprint density at radius 1 is 1.45 bits per heavy atom. The molecule has 2 atom stereocenters. The monoisotopic (exact) mass is 291 g/mol. The van der Waals surface area contributed by atoms with Crippen LogP contribution in [0.25, 0.3) is 11.0 Å². The molecule has 6 nitrogen and oxygen atoms in total. The van der Waals surface area contributed by atoms with Crippen LogP contribution >= 0.6 is 11.7 Å². The summed E-state index contributed by atoms with van der Waals surface area (Å²) in [4.78, 5) is 23.3. The molecule has 1 N–H and O–H groups in total. The molecule has 1 aliphatic rings. The van der Waals surface area contributed by atoms with Gasteiger partial charge in [0.25, 0.3) is 5.91 Å². The van der Waals surface area contributed by atoms with E-state index in [0.717, 1.165) is 23.7 Å². The van der Waals surface area contributed by atoms with Gasteiger partial charge < -0.3 is 10.1 Å². The van der Waals surface area contributed by atoms with Gasteiger partial charge in [0, 0.05) is 0 Å². The van der Waals surface area contributed by atoms with Crippen molar-refractivity contribution in [1.82, 2.24) is 8.75 Å². The van der Waals surface area contributed by atoms with Gasteiger partial charge in [-0.15, -0.1) is 0 Å². The number of fused-ring (bicyclic) bond motifs is 1. The fourth-order valence-corrected chi connectivity index (χ4v) is 2.54. The summed E-state index contributed by atoms with van der Waals surface area (Å²) in [7, 11) is 0. The van der Waals surface area contributed by atoms with Gasteiger partial charge in [-0.2, -0.15) is 8.75 Å². The molecule has 20 heavy (non-hydrogen) atoms. The number of nitrogens with zero attached hydrogens (tertiary/aromatic N) is 2. The molecule has 1 aliphatic carbocycles. The minimum absolute atomic E-state index is 0.0334. The Balaban J connectivity index is 1.58. The molecule has 1 fully saturated rings. The molecule has 2 aromatic rings. The molecule has 0 spiro atoms. The van der Waals surface area contributed by atoms with Crippen LogP contribution in [0.5, 0.6) is 0 Å². The zero-order valence-corrected chi connectivity index (χ0v) is 11.6. The Labute approximate surface area is 119 Å². The van der Waals surface area contributed by atoms with Crippen molar-refractivity contribution < 1.29 is 14.3 Å². The van der Waals surface area contributed by atoms with Gasteiger partial charge in [-0.25, -0.2) is 0 Å². The van der Waals surface area contributed by atoms with Gasteiger partial charge in [0.15, 0.2) is 6.61 Å². The second kappa shape index (κ2) is 5.16. The molecule has 7 heteroatoms. The van der Waals surface area contributed by atoms with Crippen molar-refractivity contribution in [1.29, 1.82) is 0 Å². The minimum atomic E-state index is -0.368. The number of hydrogen-bond donors (Lipinski definition) is 1. The quantitative estimate of drug-likeness (QED) is 0.869. The highest BCUT2D eigenvalue weighted by atomic mass is 32.1. The molecule has 0 aliphatic heterocycles. The van der Waals surface area contributed by atoms with E-state index in [-0.39, 0.29) is 24.4 Å². The third-order valence-electron chi connectivity index (χ3n) is 3.32. The molecular weight excluding hydrogens is 278 g/mol. The number of benzene rings is 1. The summed E-state index contributed by atoms with van der Waals surface area (Å²) in [5.74, 6) is -0.317. The zero-order valence-electron chi connectivity index (χ0n) is 10.8. The second-order valence-corrected chi connectivity index (χ2v) is 5.44. The van der Waals surface area contributed by atoms with Crippen LogP contribution in [0, 0.1) is 11.8 Å². The predicted molar refractivity (Wildman–Crippen MR) is 74.3 cm³/mol. The molecule has 1 saturated carbocycles. The van der Waals surface area contributed by atoms with Crippen molar-refractivity contribution >= 4 is 40.3 Å². The predicted octanol–water partition coefficient (Wildman–Crippen LogP) is 1.83. The highest BCUT2D eigenvalue weighted by Crippen LogP contribution is 2.38. The van der Waals surface area contributed by atoms with Gasteiger partial charge in [-0.1, -0.05) is 13.0 Å². The molecule has 0 bridgehead atoms. The summed E-state index contributed by atoms with van der Waals surface area (Å²) < 4.78 is 13.2. The lowest BCUT2D eigenvalue weighted by molar-refractivity contribution is -0.148. The van der Waals surface area contributed by atoms with Gasteiger partial charge >= 0.3 is 5.97 Å². The van der Waals surface area contributed by atoms with Crippen LogP contribution in [-0.2, 0) is 14.3 Å². The van der Waals surface area contributed by atoms with Gasteiger partial charge in [-0.05, 0) is 24.5 Å². The SMILES string of the molecule is C[C@@H]1C[C@H]1C(=O)OCC(=O)Nc1cccc2nsnc12. The van der Waals surface area contributed by atoms with E-state index in [1.807, 2.05) is 13.0 Å². The maximum Gasteiger partial charge on any atom is 0.309 e. The normalized spacial score (nSPS) is 20.6. The lowest BCUT2D eigenvalue weighted by Crippen LogP contribution is -2.21. The fraction of sp³-hybridized carbons (Fsp3) is 0.385. The first-order valence-corrected chi connectivity index (χ1v) is 7.06. The smallest absolute Gasteiger partial charge is 0.309 e. The molecule has 0 saturated heterocycles. The first-order chi connectivity index (χ1) is 9.65. The van der Waals surface area contributed by atoms with E-state index in [4.69, 9.17) is 4.74 Å². The maximum absolute atomic E-state index is 11.8. The number of esters is 1. The summed E-state index contributed by atoms with van der Waals surface area (Å²) in [6.07, 6.45) is 0.851. The Kier molecular flexibility index (Phi) is 3.35. The number of anilines is 1. The number of rotatable bonds is 4. The van der Waals surface area contributed by atoms with E-state index in [1.165, 1.54) is 0 Å². The largest absolute Gasteiger partial charge is 0.455 e. The number of ether oxygens (including phenoxy) is 1. The molecule has 1 amide bonds. The molecule has 104 valence electrons. The third kappa shape index (κ3) is 2.62. The highest BCUT2D eigenvalue weighted by molar-refractivity contribution is 7.00. The van der Waals surface area contributed by atoms with Crippen LogP contribution in [0.4, 0.5) is 5.69 Å². The van der Waals surface area contributed by atoms with E-state index in [0.29, 0.717) is 17.1 Å². The third-order valence-corrected chi connectivity index (χ3v) is 3.86. The van der Waals surface area contributed by atoms with E-state index in [1.54, 1.807) is 12.1 Å². The molecule has 1 aromatic carbocycles. The first kappa shape index (κ1) is 13.0. The van der Waals surface area contributed by atoms with Gasteiger partial charge in [0.1, 0.15) is 11.0 Å². The highest BCUT2D eigenvalue weighted by Gasteiger charge is 2.40. The van der Waals surface area contributed by atoms with E-state index in [9.17, 15) is 9.59 Å². The number of aromatic nitrogens is 2. The number of nitrogens with one attached hydrogen (secondary N) is 1. The molecule has 0 unspecified atom stereocenters. The van der Waals surface area contributed by atoms with Crippen molar-refractivity contribution in [3.05, 3.63) is 18.2 Å². The Hall–Kier alpha value is -2.02. The zero-order chi connectivity index (χ0) is 14.1. The van der Waals surface area contributed by atoms with Crippen LogP contribution in [0.3, 0.4) is 0 Å². The lowest BCUT2D eigenvalue weighted by Gasteiger charge is -2.06. The average molecular weight is 291 g/mol. The van der Waals surface area contributed by atoms with E-state index in [2.05, 4.69) is 14.1 Å². The number of amides is 1. The maximum atomic E-state index is 11.8. The topological polar surface area (TPSA) is 81.2 Å². The molecule has 1 aromatic heterocycles. The molecule has 1 heterocycles. The summed E-state index contributed by atoms with van der Waals surface area (Å²) in [6.45, 7) is 1.72. The van der Waals surface area contributed by atoms with Crippen LogP contribution in [0.15, 0.2) is 18.2 Å². The number of carbonyl (C=O) groups excluding carboxylic acids is 2. The summed E-state index contributed by atoms with van der Waals surface area (Å²) >= 11 is 1.09. The van der Waals surface area contributed by atoms with E-state index >= 15 is 0 Å². The van der Waals surface area contributed by atoms with Crippen LogP contribution < -0.4 is 5.32 Å². The Bertz CT molecular complexity index is 670. The summed E-state index contributed by atoms with van der Waals surface area (Å²) in [6, 6.07) is 5.35. The number of hydrogen-bond acceptors (Lipinski definition) is 6. The fourth-order valence-electron chi connectivity index (χ4n) is 1.99. The Morgan fingerprint density at radius 3 is 3.00 bits per heavy atom. The van der Waals surface area contributed by atoms with Crippen LogP contribution in [-0.4, -0.2) is 27.2 Å². The first-order valence-electron chi connectivity index (χ1n) is 6.33. The van der Waals surface area contributed by atoms with Gasteiger partial charge in [0.2, 0.25) is 0 Å². The average Bonchev–Trinajstić information content (AvgIpc) is 2.97. The Morgan fingerprint density at radius 2 is 2.25 bits per heavy atom. The van der Waals surface area contributed by atoms with Crippen LogP contribution in [0.2, 0.25) is 0 Å². The van der Waals surface area contributed by atoms with Crippen molar-refractivity contribution in [3.63, 3.8) is 0 Å². The minimum Gasteiger partial charge on any atom is -0.455 e. The van der Waals surface area contributed by atoms with Crippen molar-refractivity contribution in [2.75, 3.05) is 11.9 Å². The van der Waals surface area contributed by atoms with Crippen molar-refractivity contribution in [2.24, 2.45) is 11.8 Å². The van der Waals surface area contributed by atoms with Gasteiger partial charge in [-0.3, -0.25) is 9.59 Å². The summed E-state index contributed by atoms with van der Waals surface area (Å²) in [5, 5.41) is 2.68. The lowest BCUT2D eigenvalue weighted by atomic mass is 10.2. The summed E-state index contributed by atoms with van der Waals surface area (Å²) in [5.41, 5.74) is 1.96. The van der Waals surface area contributed by atoms with Crippen LogP contribution in [0.1, 0.15) is 13.3 Å². The molecule has 0 radical (unpaired) electrons. The van der Waals surface area contributed by atoms with E-state index < -0.39 is 0 Å². The van der Waals surface area contributed by atoms with Crippen molar-refractivity contribution in [2.45, 2.75) is 13.3 Å². The van der Waals surface area contributed by atoms with Gasteiger partial charge in [0.05, 0.1) is 23.3 Å². The van der Waals surface area contributed by atoms with Crippen molar-refractivity contribution in [3.8, 4) is 0 Å². The number of carbonyl (C=O) groups is 2. The second-order valence-electron chi connectivity index (χ2n) is 4.91. The molecule has 3 rings (SSSR count).